The Morgan fingerprint density at radius 1 is 1.23 bits per heavy atom. The van der Waals surface area contributed by atoms with Gasteiger partial charge in [-0.05, 0) is 12.8 Å². The van der Waals surface area contributed by atoms with E-state index in [-0.39, 0.29) is 18.1 Å². The second kappa shape index (κ2) is 3.32. The Kier molecular flexibility index (Phi) is 2.17. The minimum atomic E-state index is 0.0185. The van der Waals surface area contributed by atoms with Gasteiger partial charge in [-0.1, -0.05) is 12.2 Å². The molecule has 1 amide bonds. The Morgan fingerprint density at radius 2 is 1.92 bits per heavy atom. The lowest BCUT2D eigenvalue weighted by atomic mass is 10.1. The summed E-state index contributed by atoms with van der Waals surface area (Å²) in [7, 11) is 0. The molecule has 0 aromatic carbocycles. The summed E-state index contributed by atoms with van der Waals surface area (Å²) in [6, 6.07) is 0.334. The zero-order chi connectivity index (χ0) is 9.26. The lowest BCUT2D eigenvalue weighted by molar-refractivity contribution is -0.141. The maximum Gasteiger partial charge on any atom is 0.230 e. The fraction of sp³-hybridized carbons (Fsp3) is 0.600. The maximum atomic E-state index is 11.5. The molecule has 1 aliphatic heterocycles. The van der Waals surface area contributed by atoms with Gasteiger partial charge < -0.3 is 4.90 Å². The molecule has 1 aliphatic carbocycles. The van der Waals surface area contributed by atoms with E-state index in [4.69, 9.17) is 0 Å². The van der Waals surface area contributed by atoms with Crippen molar-refractivity contribution in [3.05, 3.63) is 12.2 Å². The minimum Gasteiger partial charge on any atom is -0.338 e. The van der Waals surface area contributed by atoms with Gasteiger partial charge in [-0.3, -0.25) is 9.59 Å². The number of rotatable bonds is 1. The van der Waals surface area contributed by atoms with E-state index >= 15 is 0 Å². The summed E-state index contributed by atoms with van der Waals surface area (Å²) in [5.74, 6) is 0.108. The topological polar surface area (TPSA) is 37.4 Å². The summed E-state index contributed by atoms with van der Waals surface area (Å²) in [6.45, 7) is 0.629. The van der Waals surface area contributed by atoms with E-state index in [0.29, 0.717) is 19.0 Å². The normalized spacial score (nSPS) is 24.5. The van der Waals surface area contributed by atoms with Gasteiger partial charge in [-0.25, -0.2) is 0 Å². The van der Waals surface area contributed by atoms with E-state index in [9.17, 15) is 9.59 Å². The summed E-state index contributed by atoms with van der Waals surface area (Å²) in [4.78, 5) is 24.3. The molecule has 1 heterocycles. The van der Waals surface area contributed by atoms with E-state index in [1.54, 1.807) is 0 Å². The van der Waals surface area contributed by atoms with E-state index in [1.165, 1.54) is 0 Å². The van der Waals surface area contributed by atoms with Crippen molar-refractivity contribution >= 4 is 11.7 Å². The molecule has 0 N–H and O–H groups in total. The molecule has 1 fully saturated rings. The van der Waals surface area contributed by atoms with Crippen molar-refractivity contribution in [1.29, 1.82) is 0 Å². The summed E-state index contributed by atoms with van der Waals surface area (Å²) in [5, 5.41) is 0. The first kappa shape index (κ1) is 8.48. The largest absolute Gasteiger partial charge is 0.338 e. The van der Waals surface area contributed by atoms with Gasteiger partial charge in [0.15, 0.2) is 0 Å². The minimum absolute atomic E-state index is 0.0185. The standard InChI is InChI=1S/C10H13NO2/c12-9-5-6-11(10(13)7-9)8-3-1-2-4-8/h1-2,8H,3-7H2. The quantitative estimate of drug-likeness (QED) is 0.443. The monoisotopic (exact) mass is 179 g/mol. The molecule has 1 saturated heterocycles. The van der Waals surface area contributed by atoms with Gasteiger partial charge in [-0.2, -0.15) is 0 Å². The van der Waals surface area contributed by atoms with Crippen LogP contribution in [0.4, 0.5) is 0 Å². The third kappa shape index (κ3) is 1.64. The number of ketones is 1. The average molecular weight is 179 g/mol. The van der Waals surface area contributed by atoms with Crippen LogP contribution in [-0.2, 0) is 9.59 Å². The molecule has 0 aromatic rings. The van der Waals surface area contributed by atoms with Crippen molar-refractivity contribution in [3.8, 4) is 0 Å². The Morgan fingerprint density at radius 3 is 2.54 bits per heavy atom. The van der Waals surface area contributed by atoms with Crippen LogP contribution < -0.4 is 0 Å². The number of nitrogens with zero attached hydrogens (tertiary/aromatic N) is 1. The Labute approximate surface area is 77.4 Å². The lowest BCUT2D eigenvalue weighted by Gasteiger charge is -2.31. The lowest BCUT2D eigenvalue weighted by Crippen LogP contribution is -2.44. The Bertz CT molecular complexity index is 262. The first-order valence-corrected chi connectivity index (χ1v) is 4.73. The van der Waals surface area contributed by atoms with Crippen molar-refractivity contribution in [2.24, 2.45) is 0 Å². The van der Waals surface area contributed by atoms with Crippen LogP contribution in [0.3, 0.4) is 0 Å². The molecule has 2 aliphatic rings. The second-order valence-electron chi connectivity index (χ2n) is 3.65. The third-order valence-electron chi connectivity index (χ3n) is 2.72. The molecule has 0 aromatic heterocycles. The highest BCUT2D eigenvalue weighted by Crippen LogP contribution is 2.20. The predicted molar refractivity (Wildman–Crippen MR) is 48.1 cm³/mol. The molecule has 0 spiro atoms. The summed E-state index contributed by atoms with van der Waals surface area (Å²) < 4.78 is 0. The van der Waals surface area contributed by atoms with E-state index in [1.807, 2.05) is 4.90 Å². The molecule has 0 radical (unpaired) electrons. The molecule has 0 saturated carbocycles. The molecule has 3 heteroatoms. The van der Waals surface area contributed by atoms with Crippen LogP contribution in [0.25, 0.3) is 0 Å². The summed E-state index contributed by atoms with van der Waals surface area (Å²) in [5.41, 5.74) is 0. The van der Waals surface area contributed by atoms with E-state index < -0.39 is 0 Å². The van der Waals surface area contributed by atoms with Crippen LogP contribution >= 0.6 is 0 Å². The van der Waals surface area contributed by atoms with Crippen LogP contribution in [0.1, 0.15) is 25.7 Å². The maximum absolute atomic E-state index is 11.5. The smallest absolute Gasteiger partial charge is 0.230 e. The molecule has 0 bridgehead atoms. The Hall–Kier alpha value is -1.12. The molecule has 70 valence electrons. The number of likely N-dealkylation sites (tertiary alicyclic amines) is 1. The van der Waals surface area contributed by atoms with Gasteiger partial charge in [0, 0.05) is 19.0 Å². The highest BCUT2D eigenvalue weighted by Gasteiger charge is 2.29. The number of carbonyl (C=O) groups excluding carboxylic acids is 2. The van der Waals surface area contributed by atoms with Crippen molar-refractivity contribution in [3.63, 3.8) is 0 Å². The second-order valence-corrected chi connectivity index (χ2v) is 3.65. The number of amides is 1. The van der Waals surface area contributed by atoms with Gasteiger partial charge in [0.25, 0.3) is 0 Å². The molecular weight excluding hydrogens is 166 g/mol. The van der Waals surface area contributed by atoms with Crippen LogP contribution in [-0.4, -0.2) is 29.2 Å². The van der Waals surface area contributed by atoms with Crippen molar-refractivity contribution < 1.29 is 9.59 Å². The zero-order valence-electron chi connectivity index (χ0n) is 7.53. The molecule has 13 heavy (non-hydrogen) atoms. The highest BCUT2D eigenvalue weighted by molar-refractivity contribution is 6.00. The van der Waals surface area contributed by atoms with Gasteiger partial charge in [0.2, 0.25) is 5.91 Å². The molecule has 0 unspecified atom stereocenters. The van der Waals surface area contributed by atoms with Gasteiger partial charge >= 0.3 is 0 Å². The molecule has 2 rings (SSSR count). The average Bonchev–Trinajstić information content (AvgIpc) is 2.56. The first-order chi connectivity index (χ1) is 6.27. The molecule has 3 nitrogen and oxygen atoms in total. The van der Waals surface area contributed by atoms with Crippen LogP contribution in [0.15, 0.2) is 12.2 Å². The van der Waals surface area contributed by atoms with Crippen LogP contribution in [0.5, 0.6) is 0 Å². The van der Waals surface area contributed by atoms with Crippen LogP contribution in [0, 0.1) is 0 Å². The highest BCUT2D eigenvalue weighted by atomic mass is 16.2. The van der Waals surface area contributed by atoms with Crippen LogP contribution in [0.2, 0.25) is 0 Å². The third-order valence-corrected chi connectivity index (χ3v) is 2.72. The fourth-order valence-electron chi connectivity index (χ4n) is 1.97. The van der Waals surface area contributed by atoms with Gasteiger partial charge in [0.1, 0.15) is 5.78 Å². The molecule has 0 atom stereocenters. The first-order valence-electron chi connectivity index (χ1n) is 4.73. The van der Waals surface area contributed by atoms with Crippen molar-refractivity contribution in [1.82, 2.24) is 4.90 Å². The van der Waals surface area contributed by atoms with E-state index in [2.05, 4.69) is 12.2 Å². The number of piperidine rings is 1. The summed E-state index contributed by atoms with van der Waals surface area (Å²) >= 11 is 0. The van der Waals surface area contributed by atoms with Gasteiger partial charge in [0.05, 0.1) is 6.42 Å². The predicted octanol–water partition coefficient (Wildman–Crippen LogP) is 0.896. The van der Waals surface area contributed by atoms with E-state index in [0.717, 1.165) is 12.8 Å². The summed E-state index contributed by atoms with van der Waals surface area (Å²) in [6.07, 6.45) is 6.79. The Balaban J connectivity index is 1.99. The SMILES string of the molecule is O=C1CCN(C2CC=CC2)C(=O)C1. The van der Waals surface area contributed by atoms with Crippen molar-refractivity contribution in [2.45, 2.75) is 31.7 Å². The van der Waals surface area contributed by atoms with Gasteiger partial charge in [-0.15, -0.1) is 0 Å². The molecular formula is C10H13NO2. The van der Waals surface area contributed by atoms with Crippen molar-refractivity contribution in [2.75, 3.05) is 6.54 Å². The zero-order valence-corrected chi connectivity index (χ0v) is 7.53. The number of hydrogen-bond donors (Lipinski definition) is 0. The fourth-order valence-corrected chi connectivity index (χ4v) is 1.97. The number of carbonyl (C=O) groups is 2. The number of Topliss-reactive ketones (excluding diaryl/α,β-unsaturated/α-hetero) is 1. The number of hydrogen-bond acceptors (Lipinski definition) is 2.